The van der Waals surface area contributed by atoms with Gasteiger partial charge < -0.3 is 24.6 Å². The highest BCUT2D eigenvalue weighted by atomic mass is 32.1. The number of carbonyl (C=O) groups excluding carboxylic acids is 1. The number of hydrogen-bond donors (Lipinski definition) is 2. The molecule has 1 aliphatic heterocycles. The van der Waals surface area contributed by atoms with Crippen molar-refractivity contribution in [3.05, 3.63) is 82.3 Å². The van der Waals surface area contributed by atoms with Gasteiger partial charge in [0.15, 0.2) is 5.13 Å². The lowest BCUT2D eigenvalue weighted by Gasteiger charge is -2.35. The number of H-pyrrole nitrogens is 1. The fraction of sp³-hybridized carbons (Fsp3) is 0.375. The highest BCUT2D eigenvalue weighted by Crippen LogP contribution is 2.44. The van der Waals surface area contributed by atoms with Crippen molar-refractivity contribution in [2.75, 3.05) is 25.0 Å². The largest absolute Gasteiger partial charge is 0.488 e. The second kappa shape index (κ2) is 11.6. The molecule has 2 N–H and O–H groups in total. The molecular formula is C32H35N5O4S. The summed E-state index contributed by atoms with van der Waals surface area (Å²) in [7, 11) is 1.77. The van der Waals surface area contributed by atoms with Crippen molar-refractivity contribution in [3.63, 3.8) is 0 Å². The number of aliphatic carboxylic acids is 1. The van der Waals surface area contributed by atoms with Crippen LogP contribution in [0.1, 0.15) is 45.7 Å². The number of carboxylic acids is 1. The number of carboxylic acid groups (broad SMARTS) is 1. The van der Waals surface area contributed by atoms with E-state index in [0.717, 1.165) is 70.6 Å². The van der Waals surface area contributed by atoms with Gasteiger partial charge in [0.25, 0.3) is 5.91 Å². The Morgan fingerprint density at radius 2 is 1.93 bits per heavy atom. The highest BCUT2D eigenvalue weighted by molar-refractivity contribution is 7.14. The number of nitrogens with one attached hydrogen (secondary N) is 1. The average Bonchev–Trinajstić information content (AvgIpc) is 3.72. The number of thiazole rings is 1. The summed E-state index contributed by atoms with van der Waals surface area (Å²) in [6.45, 7) is 6.30. The van der Waals surface area contributed by atoms with Crippen LogP contribution in [0.4, 0.5) is 5.13 Å². The van der Waals surface area contributed by atoms with Crippen molar-refractivity contribution in [1.29, 1.82) is 0 Å². The Balaban J connectivity index is 1.15. The normalized spacial score (nSPS) is 19.6. The molecule has 10 heteroatoms. The number of ether oxygens (including phenoxy) is 1. The number of nitrogens with zero attached hydrogens (tertiary/aromatic N) is 4. The van der Waals surface area contributed by atoms with E-state index in [0.29, 0.717) is 18.7 Å². The number of carbonyl (C=O) groups is 2. The van der Waals surface area contributed by atoms with Gasteiger partial charge in [0.05, 0.1) is 18.2 Å². The second-order valence-corrected chi connectivity index (χ2v) is 12.3. The van der Waals surface area contributed by atoms with E-state index >= 15 is 0 Å². The Bertz CT molecular complexity index is 1590. The number of hydrogen-bond acceptors (Lipinski definition) is 7. The summed E-state index contributed by atoms with van der Waals surface area (Å²) < 4.78 is 6.35. The third kappa shape index (κ3) is 5.63. The SMILES string of the molecule is Cc1ccc(OCc2ccc(C(=O)N(C)Cc3ncc[nH]3)cc2C)c(-c2csc(N3CC4CCC(C3)C4C(=O)O)n2)c1. The van der Waals surface area contributed by atoms with Gasteiger partial charge in [-0.15, -0.1) is 11.3 Å². The van der Waals surface area contributed by atoms with E-state index < -0.39 is 5.97 Å². The van der Waals surface area contributed by atoms with Gasteiger partial charge in [0.2, 0.25) is 0 Å². The number of amides is 1. The highest BCUT2D eigenvalue weighted by Gasteiger charge is 2.46. The topological polar surface area (TPSA) is 112 Å². The maximum absolute atomic E-state index is 13.0. The van der Waals surface area contributed by atoms with Crippen LogP contribution in [0.15, 0.2) is 54.2 Å². The number of anilines is 1. The summed E-state index contributed by atoms with van der Waals surface area (Å²) in [5, 5.41) is 12.7. The third-order valence-electron chi connectivity index (χ3n) is 8.55. The number of imidazole rings is 1. The first kappa shape index (κ1) is 28.0. The van der Waals surface area contributed by atoms with E-state index in [1.807, 2.05) is 37.3 Å². The van der Waals surface area contributed by atoms with E-state index in [-0.39, 0.29) is 23.7 Å². The third-order valence-corrected chi connectivity index (χ3v) is 9.46. The lowest BCUT2D eigenvalue weighted by atomic mass is 9.85. The molecule has 0 radical (unpaired) electrons. The molecular weight excluding hydrogens is 550 g/mol. The summed E-state index contributed by atoms with van der Waals surface area (Å²) in [6, 6.07) is 11.8. The Kier molecular flexibility index (Phi) is 7.72. The van der Waals surface area contributed by atoms with Gasteiger partial charge in [-0.3, -0.25) is 9.59 Å². The van der Waals surface area contributed by atoms with Crippen molar-refractivity contribution in [2.24, 2.45) is 17.8 Å². The molecule has 2 bridgehead atoms. The predicted molar refractivity (Wildman–Crippen MR) is 162 cm³/mol. The van der Waals surface area contributed by atoms with Gasteiger partial charge in [-0.25, -0.2) is 9.97 Å². The van der Waals surface area contributed by atoms with Crippen LogP contribution >= 0.6 is 11.3 Å². The van der Waals surface area contributed by atoms with E-state index in [1.165, 1.54) is 0 Å². The van der Waals surface area contributed by atoms with Crippen LogP contribution in [0, 0.1) is 31.6 Å². The number of benzene rings is 2. The fourth-order valence-corrected chi connectivity index (χ4v) is 7.18. The van der Waals surface area contributed by atoms with Crippen molar-refractivity contribution in [2.45, 2.75) is 39.8 Å². The molecule has 1 saturated heterocycles. The number of piperidine rings is 1. The van der Waals surface area contributed by atoms with E-state index in [1.54, 1.807) is 35.7 Å². The molecule has 2 atom stereocenters. The average molecular weight is 586 g/mol. The number of aryl methyl sites for hydroxylation is 2. The molecule has 2 fully saturated rings. The Labute approximate surface area is 249 Å². The molecule has 2 aromatic carbocycles. The van der Waals surface area contributed by atoms with E-state index in [9.17, 15) is 14.7 Å². The number of fused-ring (bicyclic) bond motifs is 2. The molecule has 6 rings (SSSR count). The zero-order valence-electron chi connectivity index (χ0n) is 24.0. The van der Waals surface area contributed by atoms with Gasteiger partial charge >= 0.3 is 5.97 Å². The maximum atomic E-state index is 13.0. The first-order chi connectivity index (χ1) is 20.3. The Hall–Kier alpha value is -4.18. The smallest absolute Gasteiger partial charge is 0.307 e. The summed E-state index contributed by atoms with van der Waals surface area (Å²) >= 11 is 1.60. The number of rotatable bonds is 9. The monoisotopic (exact) mass is 585 g/mol. The first-order valence-corrected chi connectivity index (χ1v) is 15.1. The van der Waals surface area contributed by atoms with Crippen LogP contribution in [0.2, 0.25) is 0 Å². The van der Waals surface area contributed by atoms with Crippen LogP contribution in [0.3, 0.4) is 0 Å². The van der Waals surface area contributed by atoms with E-state index in [4.69, 9.17) is 9.72 Å². The predicted octanol–water partition coefficient (Wildman–Crippen LogP) is 5.55. The van der Waals surface area contributed by atoms with Crippen molar-refractivity contribution < 1.29 is 19.4 Å². The minimum atomic E-state index is -0.655. The van der Waals surface area contributed by atoms with Gasteiger partial charge in [-0.05, 0) is 73.9 Å². The molecule has 2 aliphatic rings. The van der Waals surface area contributed by atoms with Crippen LogP contribution in [0.25, 0.3) is 11.3 Å². The zero-order valence-corrected chi connectivity index (χ0v) is 24.9. The van der Waals surface area contributed by atoms with Crippen molar-refractivity contribution in [3.8, 4) is 17.0 Å². The molecule has 2 unspecified atom stereocenters. The number of aromatic amines is 1. The standard InChI is InChI=1S/C32H35N5O4S/c1-19-4-9-27(41-17-24-8-5-21(13-20(24)2)30(38)36(3)16-28-33-10-11-34-28)25(12-19)26-18-42-32(35-26)37-14-22-6-7-23(15-37)29(22)31(39)40/h4-5,8-13,18,22-23,29H,6-7,14-17H2,1-3H3,(H,33,34)(H,39,40). The summed E-state index contributed by atoms with van der Waals surface area (Å²) in [5.74, 6) is 0.916. The molecule has 42 heavy (non-hydrogen) atoms. The molecule has 2 aromatic heterocycles. The van der Waals surface area contributed by atoms with Gasteiger partial charge in [0, 0.05) is 49.0 Å². The summed E-state index contributed by atoms with van der Waals surface area (Å²) in [4.78, 5) is 40.9. The second-order valence-electron chi connectivity index (χ2n) is 11.5. The summed E-state index contributed by atoms with van der Waals surface area (Å²) in [6.07, 6.45) is 5.37. The van der Waals surface area contributed by atoms with Crippen LogP contribution in [-0.4, -0.2) is 57.0 Å². The molecule has 1 amide bonds. The zero-order chi connectivity index (χ0) is 29.4. The van der Waals surface area contributed by atoms with Crippen molar-refractivity contribution >= 4 is 28.3 Å². The minimum absolute atomic E-state index is 0.0673. The van der Waals surface area contributed by atoms with E-state index in [2.05, 4.69) is 33.2 Å². The molecule has 0 spiro atoms. The Morgan fingerprint density at radius 3 is 2.62 bits per heavy atom. The molecule has 3 heterocycles. The molecule has 1 aliphatic carbocycles. The van der Waals surface area contributed by atoms with Gasteiger partial charge in [-0.2, -0.15) is 0 Å². The van der Waals surface area contributed by atoms with Crippen LogP contribution < -0.4 is 9.64 Å². The Morgan fingerprint density at radius 1 is 1.14 bits per heavy atom. The van der Waals surface area contributed by atoms with Crippen LogP contribution in [-0.2, 0) is 17.9 Å². The number of aromatic nitrogens is 3. The lowest BCUT2D eigenvalue weighted by molar-refractivity contribution is -0.144. The molecule has 4 aromatic rings. The fourth-order valence-electron chi connectivity index (χ4n) is 6.33. The maximum Gasteiger partial charge on any atom is 0.307 e. The van der Waals surface area contributed by atoms with Gasteiger partial charge in [0.1, 0.15) is 18.2 Å². The lowest BCUT2D eigenvalue weighted by Crippen LogP contribution is -2.44. The minimum Gasteiger partial charge on any atom is -0.488 e. The van der Waals surface area contributed by atoms with Gasteiger partial charge in [-0.1, -0.05) is 17.7 Å². The van der Waals surface area contributed by atoms with Crippen molar-refractivity contribution in [1.82, 2.24) is 19.9 Å². The molecule has 218 valence electrons. The quantitative estimate of drug-likeness (QED) is 0.265. The molecule has 9 nitrogen and oxygen atoms in total. The summed E-state index contributed by atoms with van der Waals surface area (Å²) in [5.41, 5.74) is 5.52. The molecule has 1 saturated carbocycles. The first-order valence-electron chi connectivity index (χ1n) is 14.3. The van der Waals surface area contributed by atoms with Crippen LogP contribution in [0.5, 0.6) is 5.75 Å².